The van der Waals surface area contributed by atoms with Gasteiger partial charge in [0, 0.05) is 23.7 Å². The Kier molecular flexibility index (Phi) is 5.55. The average molecular weight is 436 g/mol. The second kappa shape index (κ2) is 8.63. The van der Waals surface area contributed by atoms with Crippen molar-refractivity contribution < 1.29 is 4.39 Å². The standard InChI is InChI=1S/C24H23ClFN5/c25-19-12-6-5-11-18(19)22-29-21-15-28-24(27-14-16-8-4-7-13-20(16)26)30-23(21)31(22)17-9-2-1-3-10-17/h4-8,11-13,15,17H,1-3,9-10,14H2,(H,27,28,30). The van der Waals surface area contributed by atoms with Gasteiger partial charge in [0.05, 0.1) is 11.2 Å². The molecule has 2 aromatic heterocycles. The Hall–Kier alpha value is -2.99. The highest BCUT2D eigenvalue weighted by Crippen LogP contribution is 2.37. The van der Waals surface area contributed by atoms with Crippen LogP contribution in [0.4, 0.5) is 10.3 Å². The van der Waals surface area contributed by atoms with Gasteiger partial charge >= 0.3 is 0 Å². The quantitative estimate of drug-likeness (QED) is 0.394. The third-order valence-electron chi connectivity index (χ3n) is 5.88. The van der Waals surface area contributed by atoms with Gasteiger partial charge in [0.25, 0.3) is 0 Å². The Labute approximate surface area is 185 Å². The van der Waals surface area contributed by atoms with Crippen LogP contribution in [0.15, 0.2) is 54.7 Å². The lowest BCUT2D eigenvalue weighted by Crippen LogP contribution is -2.15. The summed E-state index contributed by atoms with van der Waals surface area (Å²) in [4.78, 5) is 14.1. The van der Waals surface area contributed by atoms with Crippen LogP contribution in [0.2, 0.25) is 5.02 Å². The van der Waals surface area contributed by atoms with Crippen LogP contribution in [-0.2, 0) is 6.54 Å². The molecule has 0 saturated heterocycles. The van der Waals surface area contributed by atoms with Crippen molar-refractivity contribution >= 4 is 28.7 Å². The highest BCUT2D eigenvalue weighted by molar-refractivity contribution is 6.33. The van der Waals surface area contributed by atoms with Gasteiger partial charge in [0.15, 0.2) is 5.65 Å². The topological polar surface area (TPSA) is 55.6 Å². The van der Waals surface area contributed by atoms with Gasteiger partial charge in [0.2, 0.25) is 5.95 Å². The highest BCUT2D eigenvalue weighted by Gasteiger charge is 2.24. The van der Waals surface area contributed by atoms with Crippen molar-refractivity contribution in [2.45, 2.75) is 44.7 Å². The lowest BCUT2D eigenvalue weighted by molar-refractivity contribution is 0.361. The number of imidazole rings is 1. The molecule has 0 bridgehead atoms. The summed E-state index contributed by atoms with van der Waals surface area (Å²) < 4.78 is 16.2. The Morgan fingerprint density at radius 2 is 1.77 bits per heavy atom. The fourth-order valence-electron chi connectivity index (χ4n) is 4.31. The van der Waals surface area contributed by atoms with Crippen molar-refractivity contribution in [2.24, 2.45) is 0 Å². The summed E-state index contributed by atoms with van der Waals surface area (Å²) in [7, 11) is 0. The Balaban J connectivity index is 1.56. The molecule has 31 heavy (non-hydrogen) atoms. The van der Waals surface area contributed by atoms with E-state index in [2.05, 4.69) is 14.9 Å². The molecule has 0 amide bonds. The van der Waals surface area contributed by atoms with Crippen LogP contribution in [-0.4, -0.2) is 19.5 Å². The molecular formula is C24H23ClFN5. The number of rotatable bonds is 5. The van der Waals surface area contributed by atoms with E-state index in [0.717, 1.165) is 35.4 Å². The summed E-state index contributed by atoms with van der Waals surface area (Å²) >= 11 is 6.52. The summed E-state index contributed by atoms with van der Waals surface area (Å²) in [5.41, 5.74) is 2.99. The largest absolute Gasteiger partial charge is 0.350 e. The van der Waals surface area contributed by atoms with Gasteiger partial charge in [-0.2, -0.15) is 4.98 Å². The zero-order valence-corrected chi connectivity index (χ0v) is 17.8. The van der Waals surface area contributed by atoms with Crippen molar-refractivity contribution in [2.75, 3.05) is 5.32 Å². The zero-order chi connectivity index (χ0) is 21.2. The SMILES string of the molecule is Fc1ccccc1CNc1ncc2nc(-c3ccccc3Cl)n(C3CCCCC3)c2n1. The van der Waals surface area contributed by atoms with E-state index < -0.39 is 0 Å². The maximum Gasteiger partial charge on any atom is 0.225 e. The Morgan fingerprint density at radius 3 is 2.58 bits per heavy atom. The number of hydrogen-bond donors (Lipinski definition) is 1. The number of nitrogens with zero attached hydrogens (tertiary/aromatic N) is 4. The van der Waals surface area contributed by atoms with Crippen molar-refractivity contribution in [1.82, 2.24) is 19.5 Å². The summed E-state index contributed by atoms with van der Waals surface area (Å²) in [6, 6.07) is 14.8. The number of hydrogen-bond acceptors (Lipinski definition) is 4. The molecule has 4 aromatic rings. The van der Waals surface area contributed by atoms with Gasteiger partial charge < -0.3 is 9.88 Å². The lowest BCUT2D eigenvalue weighted by atomic mass is 9.95. The molecule has 158 valence electrons. The third kappa shape index (κ3) is 4.00. The number of benzene rings is 2. The minimum absolute atomic E-state index is 0.246. The first-order chi connectivity index (χ1) is 15.2. The van der Waals surface area contributed by atoms with Gasteiger partial charge in [-0.25, -0.2) is 14.4 Å². The fraction of sp³-hybridized carbons (Fsp3) is 0.292. The molecule has 0 radical (unpaired) electrons. The molecular weight excluding hydrogens is 413 g/mol. The molecule has 0 unspecified atom stereocenters. The monoisotopic (exact) mass is 435 g/mol. The summed E-state index contributed by atoms with van der Waals surface area (Å²) in [6.07, 6.45) is 7.54. The Morgan fingerprint density at radius 1 is 1.00 bits per heavy atom. The van der Waals surface area contributed by atoms with E-state index in [0.29, 0.717) is 29.1 Å². The average Bonchev–Trinajstić information content (AvgIpc) is 3.18. The molecule has 0 atom stereocenters. The third-order valence-corrected chi connectivity index (χ3v) is 6.21. The van der Waals surface area contributed by atoms with E-state index in [9.17, 15) is 4.39 Å². The van der Waals surface area contributed by atoms with Crippen LogP contribution in [0.5, 0.6) is 0 Å². The van der Waals surface area contributed by atoms with Crippen molar-refractivity contribution in [3.05, 3.63) is 71.1 Å². The first-order valence-electron chi connectivity index (χ1n) is 10.7. The molecule has 5 nitrogen and oxygen atoms in total. The normalized spacial score (nSPS) is 14.8. The first kappa shape index (κ1) is 19.9. The van der Waals surface area contributed by atoms with E-state index in [1.54, 1.807) is 18.3 Å². The van der Waals surface area contributed by atoms with E-state index in [4.69, 9.17) is 21.6 Å². The number of halogens is 2. The fourth-order valence-corrected chi connectivity index (χ4v) is 4.53. The van der Waals surface area contributed by atoms with Crippen LogP contribution in [0.1, 0.15) is 43.7 Å². The minimum Gasteiger partial charge on any atom is -0.350 e. The molecule has 1 aliphatic carbocycles. The van der Waals surface area contributed by atoms with E-state index in [-0.39, 0.29) is 5.82 Å². The maximum absolute atomic E-state index is 14.0. The first-order valence-corrected chi connectivity index (χ1v) is 11.1. The van der Waals surface area contributed by atoms with Gasteiger partial charge in [-0.05, 0) is 31.0 Å². The highest BCUT2D eigenvalue weighted by atomic mass is 35.5. The van der Waals surface area contributed by atoms with Crippen molar-refractivity contribution in [1.29, 1.82) is 0 Å². The smallest absolute Gasteiger partial charge is 0.225 e. The minimum atomic E-state index is -0.246. The van der Waals surface area contributed by atoms with Crippen LogP contribution >= 0.6 is 11.6 Å². The molecule has 1 saturated carbocycles. The predicted molar refractivity (Wildman–Crippen MR) is 122 cm³/mol. The van der Waals surface area contributed by atoms with Crippen LogP contribution < -0.4 is 5.32 Å². The molecule has 1 N–H and O–H groups in total. The summed E-state index contributed by atoms with van der Waals surface area (Å²) in [5, 5.41) is 3.82. The summed E-state index contributed by atoms with van der Waals surface area (Å²) in [6.45, 7) is 0.313. The molecule has 2 aromatic carbocycles. The van der Waals surface area contributed by atoms with Crippen LogP contribution in [0.3, 0.4) is 0 Å². The second-order valence-corrected chi connectivity index (χ2v) is 8.33. The van der Waals surface area contributed by atoms with Gasteiger partial charge in [-0.1, -0.05) is 61.2 Å². The molecule has 0 spiro atoms. The number of nitrogens with one attached hydrogen (secondary N) is 1. The molecule has 7 heteroatoms. The predicted octanol–water partition coefficient (Wildman–Crippen LogP) is 6.40. The van der Waals surface area contributed by atoms with Crippen molar-refractivity contribution in [3.8, 4) is 11.4 Å². The maximum atomic E-state index is 14.0. The van der Waals surface area contributed by atoms with Crippen LogP contribution in [0, 0.1) is 5.82 Å². The summed E-state index contributed by atoms with van der Waals surface area (Å²) in [5.74, 6) is 1.04. The van der Waals surface area contributed by atoms with Crippen molar-refractivity contribution in [3.63, 3.8) is 0 Å². The second-order valence-electron chi connectivity index (χ2n) is 7.92. The van der Waals surface area contributed by atoms with E-state index in [1.807, 2.05) is 30.3 Å². The zero-order valence-electron chi connectivity index (χ0n) is 17.1. The number of aromatic nitrogens is 4. The number of fused-ring (bicyclic) bond motifs is 1. The Bertz CT molecular complexity index is 1220. The van der Waals surface area contributed by atoms with Crippen LogP contribution in [0.25, 0.3) is 22.6 Å². The molecule has 1 aliphatic rings. The number of anilines is 1. The van der Waals surface area contributed by atoms with Gasteiger partial charge in [0.1, 0.15) is 17.2 Å². The molecule has 2 heterocycles. The lowest BCUT2D eigenvalue weighted by Gasteiger charge is -2.25. The van der Waals surface area contributed by atoms with Gasteiger partial charge in [-0.15, -0.1) is 0 Å². The molecule has 5 rings (SSSR count). The molecule has 0 aliphatic heterocycles. The van der Waals surface area contributed by atoms with E-state index in [1.165, 1.54) is 25.3 Å². The molecule has 1 fully saturated rings. The van der Waals surface area contributed by atoms with Gasteiger partial charge in [-0.3, -0.25) is 0 Å². The van der Waals surface area contributed by atoms with E-state index >= 15 is 0 Å².